The highest BCUT2D eigenvalue weighted by atomic mass is 19.1. The van der Waals surface area contributed by atoms with Gasteiger partial charge in [0.1, 0.15) is 23.0 Å². The van der Waals surface area contributed by atoms with Crippen molar-refractivity contribution in [3.05, 3.63) is 63.8 Å². The van der Waals surface area contributed by atoms with E-state index in [0.717, 1.165) is 23.3 Å². The van der Waals surface area contributed by atoms with Gasteiger partial charge < -0.3 is 14.4 Å². The number of benzene rings is 1. The van der Waals surface area contributed by atoms with E-state index in [-0.39, 0.29) is 28.9 Å². The fourth-order valence-corrected chi connectivity index (χ4v) is 4.68. The second-order valence-electron chi connectivity index (χ2n) is 8.39. The van der Waals surface area contributed by atoms with Gasteiger partial charge in [0.2, 0.25) is 0 Å². The van der Waals surface area contributed by atoms with Crippen molar-refractivity contribution in [3.8, 4) is 6.07 Å². The first-order chi connectivity index (χ1) is 14.8. The molecule has 1 fully saturated rings. The first kappa shape index (κ1) is 20.9. The smallest absolute Gasteiger partial charge is 0.270 e. The van der Waals surface area contributed by atoms with Crippen LogP contribution in [-0.4, -0.2) is 35.7 Å². The summed E-state index contributed by atoms with van der Waals surface area (Å²) in [5.74, 6) is 0.0173. The molecule has 0 bridgehead atoms. The molecule has 0 saturated carbocycles. The molecule has 3 aromatic rings. The lowest BCUT2D eigenvalue weighted by Crippen LogP contribution is -2.49. The zero-order valence-corrected chi connectivity index (χ0v) is 18.3. The van der Waals surface area contributed by atoms with Gasteiger partial charge in [0, 0.05) is 44.6 Å². The zero-order valence-electron chi connectivity index (χ0n) is 18.3. The Labute approximate surface area is 181 Å². The first-order valence-corrected chi connectivity index (χ1v) is 10.5. The van der Waals surface area contributed by atoms with Gasteiger partial charge in [-0.2, -0.15) is 5.26 Å². The molecule has 2 aromatic heterocycles. The number of nitrogens with zero attached hydrogens (tertiary/aromatic N) is 5. The normalized spacial score (nSPS) is 18.8. The molecule has 3 heterocycles. The van der Waals surface area contributed by atoms with E-state index in [1.54, 1.807) is 19.2 Å². The largest absolute Gasteiger partial charge is 0.371 e. The number of rotatable bonds is 3. The Morgan fingerprint density at radius 2 is 1.94 bits per heavy atom. The third-order valence-corrected chi connectivity index (χ3v) is 6.37. The molecular formula is C24H26FN5O. The van der Waals surface area contributed by atoms with E-state index in [1.807, 2.05) is 26.1 Å². The molecule has 4 rings (SSSR count). The van der Waals surface area contributed by atoms with Crippen molar-refractivity contribution in [1.29, 1.82) is 5.26 Å². The molecule has 7 heteroatoms. The number of halogens is 1. The van der Waals surface area contributed by atoms with Crippen LogP contribution in [0.25, 0.3) is 11.0 Å². The molecule has 2 atom stereocenters. The molecule has 1 aliphatic heterocycles. The van der Waals surface area contributed by atoms with Gasteiger partial charge in [0.15, 0.2) is 0 Å². The molecule has 0 aliphatic carbocycles. The van der Waals surface area contributed by atoms with Gasteiger partial charge in [-0.1, -0.05) is 6.92 Å². The number of piperidine rings is 1. The Morgan fingerprint density at radius 3 is 2.58 bits per heavy atom. The van der Waals surface area contributed by atoms with Gasteiger partial charge in [0.05, 0.1) is 11.2 Å². The minimum absolute atomic E-state index is 0.144. The average molecular weight is 420 g/mol. The lowest BCUT2D eigenvalue weighted by atomic mass is 9.91. The van der Waals surface area contributed by atoms with Crippen LogP contribution in [0, 0.1) is 30.0 Å². The van der Waals surface area contributed by atoms with Gasteiger partial charge in [-0.15, -0.1) is 0 Å². The van der Waals surface area contributed by atoms with E-state index in [4.69, 9.17) is 4.98 Å². The molecule has 1 saturated heterocycles. The molecule has 0 spiro atoms. The number of hydrogen-bond donors (Lipinski definition) is 0. The lowest BCUT2D eigenvalue weighted by Gasteiger charge is -2.43. The van der Waals surface area contributed by atoms with Crippen LogP contribution in [-0.2, 0) is 7.05 Å². The number of nitriles is 1. The van der Waals surface area contributed by atoms with Crippen LogP contribution >= 0.6 is 0 Å². The quantitative estimate of drug-likeness (QED) is 0.649. The fraction of sp³-hybridized carbons (Fsp3) is 0.375. The highest BCUT2D eigenvalue weighted by Crippen LogP contribution is 2.33. The molecule has 1 aliphatic rings. The van der Waals surface area contributed by atoms with Crippen molar-refractivity contribution in [3.63, 3.8) is 0 Å². The maximum atomic E-state index is 13.3. The second-order valence-corrected chi connectivity index (χ2v) is 8.39. The summed E-state index contributed by atoms with van der Waals surface area (Å²) in [5, 5.41) is 9.80. The van der Waals surface area contributed by atoms with E-state index in [1.165, 1.54) is 16.7 Å². The van der Waals surface area contributed by atoms with Gasteiger partial charge >= 0.3 is 0 Å². The Balaban J connectivity index is 1.70. The van der Waals surface area contributed by atoms with E-state index < -0.39 is 0 Å². The number of fused-ring (bicyclic) bond motifs is 1. The summed E-state index contributed by atoms with van der Waals surface area (Å²) in [6.45, 7) is 5.48. The SMILES string of the molecule is Cc1ccc2c(n1)c(N1CC[C@@H](N(C)c3ccc(F)cc3)[C@@H](C)C1)c(C#N)c(=O)n2C. The zero-order chi connectivity index (χ0) is 22.3. The van der Waals surface area contributed by atoms with Gasteiger partial charge in [0.25, 0.3) is 5.56 Å². The number of anilines is 2. The summed E-state index contributed by atoms with van der Waals surface area (Å²) in [4.78, 5) is 21.9. The Morgan fingerprint density at radius 1 is 1.23 bits per heavy atom. The first-order valence-electron chi connectivity index (χ1n) is 10.5. The Bertz CT molecular complexity index is 1230. The summed E-state index contributed by atoms with van der Waals surface area (Å²) in [6.07, 6.45) is 0.850. The van der Waals surface area contributed by atoms with Crippen LogP contribution in [0.5, 0.6) is 0 Å². The van der Waals surface area contributed by atoms with E-state index in [0.29, 0.717) is 24.3 Å². The standard InChI is InChI=1S/C24H26FN5O/c1-15-14-30(12-11-20(15)28(3)18-8-6-17(25)7-9-18)23-19(13-26)24(31)29(4)21-10-5-16(2)27-22(21)23/h5-10,15,20H,11-12,14H2,1-4H3/t15-,20+/m0/s1. The lowest BCUT2D eigenvalue weighted by molar-refractivity contribution is 0.371. The van der Waals surface area contributed by atoms with Crippen molar-refractivity contribution < 1.29 is 4.39 Å². The van der Waals surface area contributed by atoms with Crippen LogP contribution in [0.2, 0.25) is 0 Å². The second kappa shape index (κ2) is 8.03. The minimum atomic E-state index is -0.297. The van der Waals surface area contributed by atoms with Crippen molar-refractivity contribution in [1.82, 2.24) is 9.55 Å². The molecule has 0 N–H and O–H groups in total. The number of hydrogen-bond acceptors (Lipinski definition) is 5. The molecule has 1 aromatic carbocycles. The van der Waals surface area contributed by atoms with Crippen molar-refractivity contribution in [2.45, 2.75) is 26.3 Å². The third-order valence-electron chi connectivity index (χ3n) is 6.37. The number of aromatic nitrogens is 2. The highest BCUT2D eigenvalue weighted by molar-refractivity contribution is 5.91. The van der Waals surface area contributed by atoms with Crippen LogP contribution in [0.15, 0.2) is 41.2 Å². The average Bonchev–Trinajstić information content (AvgIpc) is 2.76. The molecule has 0 radical (unpaired) electrons. The van der Waals surface area contributed by atoms with Crippen LogP contribution in [0.1, 0.15) is 24.6 Å². The molecule has 6 nitrogen and oxygen atoms in total. The van der Waals surface area contributed by atoms with Crippen molar-refractivity contribution >= 4 is 22.4 Å². The molecule has 0 amide bonds. The van der Waals surface area contributed by atoms with Crippen LogP contribution in [0.4, 0.5) is 15.8 Å². The predicted molar refractivity (Wildman–Crippen MR) is 121 cm³/mol. The molecule has 160 valence electrons. The Kier molecular flexibility index (Phi) is 5.40. The van der Waals surface area contributed by atoms with Gasteiger partial charge in [-0.05, 0) is 55.7 Å². The third kappa shape index (κ3) is 3.63. The summed E-state index contributed by atoms with van der Waals surface area (Å²) in [6, 6.07) is 12.7. The fourth-order valence-electron chi connectivity index (χ4n) is 4.68. The summed E-state index contributed by atoms with van der Waals surface area (Å²) < 4.78 is 14.8. The summed E-state index contributed by atoms with van der Waals surface area (Å²) >= 11 is 0. The van der Waals surface area contributed by atoms with E-state index >= 15 is 0 Å². The topological polar surface area (TPSA) is 65.2 Å². The molecule has 31 heavy (non-hydrogen) atoms. The maximum Gasteiger partial charge on any atom is 0.270 e. The summed E-state index contributed by atoms with van der Waals surface area (Å²) in [7, 11) is 3.71. The van der Waals surface area contributed by atoms with E-state index in [2.05, 4.69) is 22.8 Å². The van der Waals surface area contributed by atoms with Gasteiger partial charge in [-0.25, -0.2) is 9.37 Å². The minimum Gasteiger partial charge on any atom is -0.371 e. The van der Waals surface area contributed by atoms with Crippen molar-refractivity contribution in [2.24, 2.45) is 13.0 Å². The Hall–Kier alpha value is -3.40. The molecule has 0 unspecified atom stereocenters. The summed E-state index contributed by atoms with van der Waals surface area (Å²) in [5.41, 5.74) is 3.72. The number of pyridine rings is 2. The van der Waals surface area contributed by atoms with Gasteiger partial charge in [-0.3, -0.25) is 4.79 Å². The predicted octanol–water partition coefficient (Wildman–Crippen LogP) is 3.60. The number of aryl methyl sites for hydroxylation is 2. The van der Waals surface area contributed by atoms with Crippen LogP contribution in [0.3, 0.4) is 0 Å². The monoisotopic (exact) mass is 419 g/mol. The molecular weight excluding hydrogens is 393 g/mol. The highest BCUT2D eigenvalue weighted by Gasteiger charge is 2.32. The maximum absolute atomic E-state index is 13.3. The van der Waals surface area contributed by atoms with E-state index in [9.17, 15) is 14.4 Å². The van der Waals surface area contributed by atoms with Crippen LogP contribution < -0.4 is 15.4 Å². The van der Waals surface area contributed by atoms with Crippen molar-refractivity contribution in [2.75, 3.05) is 29.9 Å².